The van der Waals surface area contributed by atoms with Crippen molar-refractivity contribution in [2.75, 3.05) is 13.1 Å². The van der Waals surface area contributed by atoms with Gasteiger partial charge in [0.2, 0.25) is 0 Å². The van der Waals surface area contributed by atoms with E-state index in [-0.39, 0.29) is 23.2 Å². The van der Waals surface area contributed by atoms with Crippen LogP contribution in [0, 0.1) is 0 Å². The summed E-state index contributed by atoms with van der Waals surface area (Å²) in [5.74, 6) is -0.220. The van der Waals surface area contributed by atoms with Gasteiger partial charge in [-0.1, -0.05) is 53.8 Å². The molecule has 2 aliphatic rings. The van der Waals surface area contributed by atoms with Crippen LogP contribution < -0.4 is 4.87 Å². The Hall–Kier alpha value is -2.93. The van der Waals surface area contributed by atoms with Crippen molar-refractivity contribution in [2.24, 2.45) is 0 Å². The summed E-state index contributed by atoms with van der Waals surface area (Å²) >= 11 is 1.14. The molecule has 0 spiro atoms. The number of benzene rings is 2. The third-order valence-corrected chi connectivity index (χ3v) is 6.87. The molecule has 0 atom stereocenters. The molecule has 1 aromatic heterocycles. The van der Waals surface area contributed by atoms with Gasteiger partial charge < -0.3 is 0 Å². The lowest BCUT2D eigenvalue weighted by molar-refractivity contribution is -0.160. The number of aromatic nitrogens is 1. The normalized spacial score (nSPS) is 17.7. The molecule has 0 N–H and O–H groups in total. The van der Waals surface area contributed by atoms with Gasteiger partial charge in [0.05, 0.1) is 15.6 Å². The van der Waals surface area contributed by atoms with Gasteiger partial charge in [-0.3, -0.25) is 24.0 Å². The monoisotopic (exact) mass is 407 g/mol. The van der Waals surface area contributed by atoms with Crippen molar-refractivity contribution in [1.29, 1.82) is 0 Å². The first kappa shape index (κ1) is 18.1. The highest BCUT2D eigenvalue weighted by Crippen LogP contribution is 2.50. The zero-order valence-corrected chi connectivity index (χ0v) is 16.7. The largest absolute Gasteiger partial charge is 0.308 e. The van der Waals surface area contributed by atoms with Crippen molar-refractivity contribution in [3.63, 3.8) is 0 Å². The van der Waals surface area contributed by atoms with Crippen LogP contribution in [0.4, 0.5) is 0 Å². The molecule has 6 nitrogen and oxygen atoms in total. The molecule has 1 aliphatic carbocycles. The number of hydrogen-bond acceptors (Lipinski definition) is 4. The highest BCUT2D eigenvalue weighted by atomic mass is 32.1. The molecule has 29 heavy (non-hydrogen) atoms. The summed E-state index contributed by atoms with van der Waals surface area (Å²) in [6, 6.07) is 17.3. The number of thiazole rings is 1. The molecule has 2 amide bonds. The molecule has 3 aromatic rings. The maximum absolute atomic E-state index is 13.4. The molecule has 2 aromatic carbocycles. The fourth-order valence-corrected chi connectivity index (χ4v) is 5.11. The van der Waals surface area contributed by atoms with Crippen molar-refractivity contribution < 1.29 is 9.59 Å². The highest BCUT2D eigenvalue weighted by molar-refractivity contribution is 7.16. The van der Waals surface area contributed by atoms with Gasteiger partial charge >= 0.3 is 4.87 Å². The predicted octanol–water partition coefficient (Wildman–Crippen LogP) is 2.77. The van der Waals surface area contributed by atoms with E-state index < -0.39 is 5.41 Å². The quantitative estimate of drug-likeness (QED) is 0.668. The number of fused-ring (bicyclic) bond motifs is 1. The number of nitrogens with zero attached hydrogens (tertiary/aromatic N) is 3. The standard InChI is InChI=1S/C22H21N3O3S/c26-19(15-23-17-9-4-5-10-18(17)29-21(23)28)24-13-6-14-25(24)20(27)22(11-12-22)16-7-2-1-3-8-16/h1-5,7-10H,6,11-15H2. The average Bonchev–Trinajstić information content (AvgIpc) is 3.30. The second-order valence-electron chi connectivity index (χ2n) is 7.67. The first-order valence-electron chi connectivity index (χ1n) is 9.86. The smallest absolute Gasteiger partial charge is 0.289 e. The Morgan fingerprint density at radius 1 is 0.931 bits per heavy atom. The summed E-state index contributed by atoms with van der Waals surface area (Å²) < 4.78 is 2.37. The fraction of sp³-hybridized carbons (Fsp3) is 0.318. The maximum Gasteiger partial charge on any atom is 0.308 e. The van der Waals surface area contributed by atoms with Crippen LogP contribution >= 0.6 is 11.3 Å². The van der Waals surface area contributed by atoms with E-state index in [1.807, 2.05) is 54.6 Å². The van der Waals surface area contributed by atoms with E-state index in [1.165, 1.54) is 4.57 Å². The maximum atomic E-state index is 13.4. The molecule has 7 heteroatoms. The second kappa shape index (κ2) is 6.84. The van der Waals surface area contributed by atoms with E-state index in [1.54, 1.807) is 10.0 Å². The molecule has 2 heterocycles. The van der Waals surface area contributed by atoms with E-state index in [9.17, 15) is 14.4 Å². The molecule has 2 fully saturated rings. The Morgan fingerprint density at radius 2 is 1.62 bits per heavy atom. The Balaban J connectivity index is 1.39. The van der Waals surface area contributed by atoms with Crippen LogP contribution in [0.15, 0.2) is 59.4 Å². The molecule has 0 bridgehead atoms. The molecule has 0 radical (unpaired) electrons. The summed E-state index contributed by atoms with van der Waals surface area (Å²) in [7, 11) is 0. The van der Waals surface area contributed by atoms with Crippen molar-refractivity contribution in [2.45, 2.75) is 31.2 Å². The number of carbonyl (C=O) groups is 2. The van der Waals surface area contributed by atoms with Crippen molar-refractivity contribution in [3.8, 4) is 0 Å². The van der Waals surface area contributed by atoms with Gasteiger partial charge in [-0.2, -0.15) is 0 Å². The Kier molecular flexibility index (Phi) is 4.28. The number of hydrazine groups is 1. The molecular weight excluding hydrogens is 386 g/mol. The molecule has 5 rings (SSSR count). The first-order valence-corrected chi connectivity index (χ1v) is 10.7. The summed E-state index contributed by atoms with van der Waals surface area (Å²) in [4.78, 5) is 38.7. The van der Waals surface area contributed by atoms with Gasteiger partial charge in [0, 0.05) is 13.1 Å². The minimum absolute atomic E-state index is 0.00271. The third-order valence-electron chi connectivity index (χ3n) is 5.91. The minimum Gasteiger partial charge on any atom is -0.289 e. The van der Waals surface area contributed by atoms with Crippen LogP contribution in [0.2, 0.25) is 0 Å². The lowest BCUT2D eigenvalue weighted by Gasteiger charge is -2.31. The van der Waals surface area contributed by atoms with Gasteiger partial charge in [-0.05, 0) is 37.0 Å². The third kappa shape index (κ3) is 2.97. The van der Waals surface area contributed by atoms with Gasteiger partial charge in [0.15, 0.2) is 0 Å². The number of hydrogen-bond donors (Lipinski definition) is 0. The zero-order valence-electron chi connectivity index (χ0n) is 15.9. The number of amides is 2. The van der Waals surface area contributed by atoms with E-state index in [0.29, 0.717) is 13.1 Å². The number of para-hydroxylation sites is 1. The lowest BCUT2D eigenvalue weighted by atomic mass is 9.95. The second-order valence-corrected chi connectivity index (χ2v) is 8.66. The summed E-state index contributed by atoms with van der Waals surface area (Å²) in [6.45, 7) is 0.996. The highest BCUT2D eigenvalue weighted by Gasteiger charge is 2.54. The van der Waals surface area contributed by atoms with Crippen molar-refractivity contribution in [3.05, 3.63) is 69.8 Å². The van der Waals surface area contributed by atoms with Crippen molar-refractivity contribution in [1.82, 2.24) is 14.6 Å². The van der Waals surface area contributed by atoms with E-state index in [2.05, 4.69) is 0 Å². The SMILES string of the molecule is O=C(Cn1c(=O)sc2ccccc21)N1CCCN1C(=O)C1(c2ccccc2)CC1. The van der Waals surface area contributed by atoms with Gasteiger partial charge in [0.1, 0.15) is 6.54 Å². The Bertz CT molecular complexity index is 1150. The fourth-order valence-electron chi connectivity index (χ4n) is 4.22. The van der Waals surface area contributed by atoms with E-state index in [4.69, 9.17) is 0 Å². The van der Waals surface area contributed by atoms with Crippen LogP contribution in [0.3, 0.4) is 0 Å². The molecule has 148 valence electrons. The lowest BCUT2D eigenvalue weighted by Crippen LogP contribution is -2.50. The van der Waals surface area contributed by atoms with Gasteiger partial charge in [0.25, 0.3) is 11.8 Å². The van der Waals surface area contributed by atoms with E-state index in [0.717, 1.165) is 46.4 Å². The van der Waals surface area contributed by atoms with Gasteiger partial charge in [-0.15, -0.1) is 0 Å². The van der Waals surface area contributed by atoms with Crippen molar-refractivity contribution >= 4 is 33.4 Å². The van der Waals surface area contributed by atoms with Crippen LogP contribution in [0.1, 0.15) is 24.8 Å². The summed E-state index contributed by atoms with van der Waals surface area (Å²) in [5, 5.41) is 3.16. The molecule has 1 saturated carbocycles. The Labute approximate surface area is 171 Å². The summed E-state index contributed by atoms with van der Waals surface area (Å²) in [6.07, 6.45) is 2.37. The molecule has 1 saturated heterocycles. The predicted molar refractivity (Wildman–Crippen MR) is 111 cm³/mol. The number of carbonyl (C=O) groups excluding carboxylic acids is 2. The zero-order chi connectivity index (χ0) is 20.0. The topological polar surface area (TPSA) is 62.6 Å². The van der Waals surface area contributed by atoms with Crippen LogP contribution in [0.25, 0.3) is 10.2 Å². The molecular formula is C22H21N3O3S. The number of rotatable bonds is 4. The summed E-state index contributed by atoms with van der Waals surface area (Å²) in [5.41, 5.74) is 1.27. The average molecular weight is 407 g/mol. The Morgan fingerprint density at radius 3 is 2.38 bits per heavy atom. The minimum atomic E-state index is -0.504. The van der Waals surface area contributed by atoms with Crippen LogP contribution in [-0.4, -0.2) is 39.5 Å². The van der Waals surface area contributed by atoms with Gasteiger partial charge in [-0.25, -0.2) is 5.01 Å². The molecule has 1 aliphatic heterocycles. The van der Waals surface area contributed by atoms with E-state index >= 15 is 0 Å². The van der Waals surface area contributed by atoms with Crippen LogP contribution in [-0.2, 0) is 21.5 Å². The molecule has 0 unspecified atom stereocenters. The first-order chi connectivity index (χ1) is 14.1. The van der Waals surface area contributed by atoms with Crippen LogP contribution in [0.5, 0.6) is 0 Å².